The Balaban J connectivity index is 1.46. The van der Waals surface area contributed by atoms with E-state index in [0.717, 1.165) is 24.8 Å². The van der Waals surface area contributed by atoms with Crippen molar-refractivity contribution in [3.05, 3.63) is 58.0 Å². The van der Waals surface area contributed by atoms with Crippen LogP contribution >= 0.6 is 0 Å². The maximum Gasteiger partial charge on any atom is 0.335 e. The third-order valence-electron chi connectivity index (χ3n) is 5.76. The molecule has 1 unspecified atom stereocenters. The van der Waals surface area contributed by atoms with E-state index in [1.165, 1.54) is 0 Å². The number of carbonyl (C=O) groups is 3. The minimum atomic E-state index is -0.933. The van der Waals surface area contributed by atoms with E-state index in [9.17, 15) is 14.4 Å². The molecule has 146 valence electrons. The molecule has 1 aliphatic heterocycles. The van der Waals surface area contributed by atoms with E-state index >= 15 is 0 Å². The molecule has 1 aromatic heterocycles. The highest BCUT2D eigenvalue weighted by Crippen LogP contribution is 2.32. The number of furan rings is 1. The molecule has 2 heterocycles. The first-order valence-corrected chi connectivity index (χ1v) is 9.71. The first kappa shape index (κ1) is 18.5. The standard InChI is InChI=1S/C22H23NO5/c1-13-19(20-17(24)3-2-4-18(20)28-13)21(25)23-10-9-15(12-23)11-14-5-7-16(8-6-14)22(26)27/h5-8,15H,2-4,9-12H2,1H3,(H,26,27). The first-order valence-electron chi connectivity index (χ1n) is 9.71. The summed E-state index contributed by atoms with van der Waals surface area (Å²) in [5, 5.41) is 9.00. The molecule has 1 fully saturated rings. The Labute approximate surface area is 163 Å². The molecule has 6 heteroatoms. The molecule has 0 bridgehead atoms. The fourth-order valence-corrected chi connectivity index (χ4v) is 4.32. The minimum Gasteiger partial charge on any atom is -0.478 e. The van der Waals surface area contributed by atoms with Crippen LogP contribution in [0.3, 0.4) is 0 Å². The summed E-state index contributed by atoms with van der Waals surface area (Å²) in [4.78, 5) is 38.2. The van der Waals surface area contributed by atoms with Crippen LogP contribution < -0.4 is 0 Å². The molecule has 1 aromatic carbocycles. The van der Waals surface area contributed by atoms with Crippen molar-refractivity contribution in [2.45, 2.75) is 39.0 Å². The predicted octanol–water partition coefficient (Wildman–Crippen LogP) is 3.51. The Kier molecular flexibility index (Phi) is 4.79. The van der Waals surface area contributed by atoms with E-state index in [2.05, 4.69) is 0 Å². The van der Waals surface area contributed by atoms with Crippen molar-refractivity contribution in [1.82, 2.24) is 4.90 Å². The largest absolute Gasteiger partial charge is 0.478 e. The fourth-order valence-electron chi connectivity index (χ4n) is 4.32. The van der Waals surface area contributed by atoms with Crippen LogP contribution in [0.15, 0.2) is 28.7 Å². The van der Waals surface area contributed by atoms with E-state index in [1.54, 1.807) is 19.1 Å². The van der Waals surface area contributed by atoms with E-state index in [1.807, 2.05) is 17.0 Å². The van der Waals surface area contributed by atoms with E-state index in [0.29, 0.717) is 54.5 Å². The van der Waals surface area contributed by atoms with Crippen molar-refractivity contribution in [3.8, 4) is 0 Å². The molecule has 1 N–H and O–H groups in total. The second-order valence-electron chi connectivity index (χ2n) is 7.72. The monoisotopic (exact) mass is 381 g/mol. The van der Waals surface area contributed by atoms with Gasteiger partial charge in [-0.3, -0.25) is 9.59 Å². The van der Waals surface area contributed by atoms with Gasteiger partial charge in [-0.2, -0.15) is 0 Å². The number of rotatable bonds is 4. The molecular weight excluding hydrogens is 358 g/mol. The highest BCUT2D eigenvalue weighted by molar-refractivity contribution is 6.10. The number of nitrogens with zero attached hydrogens (tertiary/aromatic N) is 1. The number of aromatic carboxylic acids is 1. The maximum atomic E-state index is 13.1. The lowest BCUT2D eigenvalue weighted by Crippen LogP contribution is -2.30. The molecule has 4 rings (SSSR count). The van der Waals surface area contributed by atoms with Crippen molar-refractivity contribution in [2.75, 3.05) is 13.1 Å². The summed E-state index contributed by atoms with van der Waals surface area (Å²) in [6.07, 6.45) is 3.65. The van der Waals surface area contributed by atoms with Gasteiger partial charge in [0, 0.05) is 25.9 Å². The van der Waals surface area contributed by atoms with Gasteiger partial charge in [-0.15, -0.1) is 0 Å². The number of Topliss-reactive ketones (excluding diaryl/α,β-unsaturated/α-hetero) is 1. The lowest BCUT2D eigenvalue weighted by atomic mass is 9.93. The molecule has 1 atom stereocenters. The van der Waals surface area contributed by atoms with Gasteiger partial charge in [-0.1, -0.05) is 12.1 Å². The average Bonchev–Trinajstić information content (AvgIpc) is 3.26. The second-order valence-corrected chi connectivity index (χ2v) is 7.72. The van der Waals surface area contributed by atoms with Gasteiger partial charge in [0.15, 0.2) is 5.78 Å². The van der Waals surface area contributed by atoms with Crippen molar-refractivity contribution in [1.29, 1.82) is 0 Å². The summed E-state index contributed by atoms with van der Waals surface area (Å²) in [6, 6.07) is 6.90. The summed E-state index contributed by atoms with van der Waals surface area (Å²) < 4.78 is 5.72. The van der Waals surface area contributed by atoms with Crippen LogP contribution in [0.5, 0.6) is 0 Å². The van der Waals surface area contributed by atoms with Gasteiger partial charge in [0.25, 0.3) is 5.91 Å². The van der Waals surface area contributed by atoms with Crippen LogP contribution in [0.4, 0.5) is 0 Å². The van der Waals surface area contributed by atoms with Gasteiger partial charge in [-0.25, -0.2) is 4.79 Å². The summed E-state index contributed by atoms with van der Waals surface area (Å²) >= 11 is 0. The van der Waals surface area contributed by atoms with Gasteiger partial charge in [0.05, 0.1) is 16.7 Å². The van der Waals surface area contributed by atoms with E-state index < -0.39 is 5.97 Å². The number of carboxylic acid groups (broad SMARTS) is 1. The van der Waals surface area contributed by atoms with Gasteiger partial charge in [-0.05, 0) is 49.8 Å². The molecular formula is C22H23NO5. The molecule has 2 aromatic rings. The van der Waals surface area contributed by atoms with Crippen molar-refractivity contribution in [3.63, 3.8) is 0 Å². The Morgan fingerprint density at radius 1 is 1.21 bits per heavy atom. The quantitative estimate of drug-likeness (QED) is 0.876. The third kappa shape index (κ3) is 3.35. The normalized spacial score (nSPS) is 19.0. The van der Waals surface area contributed by atoms with Crippen molar-refractivity contribution < 1.29 is 23.9 Å². The molecule has 1 aliphatic carbocycles. The van der Waals surface area contributed by atoms with E-state index in [-0.39, 0.29) is 17.3 Å². The number of hydrogen-bond acceptors (Lipinski definition) is 4. The highest BCUT2D eigenvalue weighted by Gasteiger charge is 2.35. The summed E-state index contributed by atoms with van der Waals surface area (Å²) in [5.41, 5.74) is 2.29. The number of amides is 1. The molecule has 28 heavy (non-hydrogen) atoms. The number of aryl methyl sites for hydroxylation is 2. The van der Waals surface area contributed by atoms with Gasteiger partial charge >= 0.3 is 5.97 Å². The number of carboxylic acids is 1. The summed E-state index contributed by atoms with van der Waals surface area (Å²) in [7, 11) is 0. The number of likely N-dealkylation sites (tertiary alicyclic amines) is 1. The van der Waals surface area contributed by atoms with Crippen LogP contribution in [-0.2, 0) is 12.8 Å². The molecule has 0 saturated carbocycles. The lowest BCUT2D eigenvalue weighted by Gasteiger charge is -2.18. The van der Waals surface area contributed by atoms with Gasteiger partial charge in [0.1, 0.15) is 11.5 Å². The van der Waals surface area contributed by atoms with E-state index in [4.69, 9.17) is 9.52 Å². The smallest absolute Gasteiger partial charge is 0.335 e. The zero-order valence-corrected chi connectivity index (χ0v) is 15.9. The lowest BCUT2D eigenvalue weighted by molar-refractivity contribution is 0.0695. The Morgan fingerprint density at radius 3 is 2.68 bits per heavy atom. The van der Waals surface area contributed by atoms with Crippen LogP contribution in [0.2, 0.25) is 0 Å². The number of fused-ring (bicyclic) bond motifs is 1. The molecule has 0 spiro atoms. The Bertz CT molecular complexity index is 941. The van der Waals surface area contributed by atoms with Crippen molar-refractivity contribution in [2.24, 2.45) is 5.92 Å². The second kappa shape index (κ2) is 7.26. The summed E-state index contributed by atoms with van der Waals surface area (Å²) in [6.45, 7) is 3.05. The van der Waals surface area contributed by atoms with Crippen molar-refractivity contribution >= 4 is 17.7 Å². The van der Waals surface area contributed by atoms with Crippen LogP contribution in [0.25, 0.3) is 0 Å². The molecule has 1 amide bonds. The zero-order chi connectivity index (χ0) is 19.8. The molecule has 1 saturated heterocycles. The third-order valence-corrected chi connectivity index (χ3v) is 5.76. The Morgan fingerprint density at radius 2 is 1.96 bits per heavy atom. The maximum absolute atomic E-state index is 13.1. The van der Waals surface area contributed by atoms with Crippen LogP contribution in [-0.4, -0.2) is 40.8 Å². The Hall–Kier alpha value is -2.89. The van der Waals surface area contributed by atoms with Crippen LogP contribution in [0.1, 0.15) is 67.4 Å². The predicted molar refractivity (Wildman–Crippen MR) is 102 cm³/mol. The summed E-state index contributed by atoms with van der Waals surface area (Å²) in [5.74, 6) is 0.484. The topological polar surface area (TPSA) is 87.8 Å². The molecule has 2 aliphatic rings. The highest BCUT2D eigenvalue weighted by atomic mass is 16.4. The first-order chi connectivity index (χ1) is 13.4. The minimum absolute atomic E-state index is 0.00992. The number of ketones is 1. The zero-order valence-electron chi connectivity index (χ0n) is 15.9. The van der Waals surface area contributed by atoms with Gasteiger partial charge in [0.2, 0.25) is 0 Å². The van der Waals surface area contributed by atoms with Crippen LogP contribution in [0, 0.1) is 12.8 Å². The van der Waals surface area contributed by atoms with Gasteiger partial charge < -0.3 is 14.4 Å². The SMILES string of the molecule is Cc1oc2c(c1C(=O)N1CCC(Cc3ccc(C(=O)O)cc3)C1)C(=O)CCC2. The number of carbonyl (C=O) groups excluding carboxylic acids is 2. The fraction of sp³-hybridized carbons (Fsp3) is 0.409. The average molecular weight is 381 g/mol. The number of hydrogen-bond donors (Lipinski definition) is 1. The molecule has 6 nitrogen and oxygen atoms in total. The molecule has 0 radical (unpaired) electrons. The number of benzene rings is 1.